The quantitative estimate of drug-likeness (QED) is 0.762. The molecular formula is C10H16O2S. The summed E-state index contributed by atoms with van der Waals surface area (Å²) >= 11 is 1.45. The summed E-state index contributed by atoms with van der Waals surface area (Å²) in [6, 6.07) is 0. The predicted molar refractivity (Wildman–Crippen MR) is 56.2 cm³/mol. The van der Waals surface area contributed by atoms with E-state index in [1.807, 2.05) is 26.2 Å². The van der Waals surface area contributed by atoms with E-state index in [2.05, 4.69) is 0 Å². The molecule has 13 heavy (non-hydrogen) atoms. The van der Waals surface area contributed by atoms with Crippen LogP contribution in [0, 0.1) is 0 Å². The number of hydrogen-bond donors (Lipinski definition) is 1. The van der Waals surface area contributed by atoms with Crippen LogP contribution in [0.1, 0.15) is 43.1 Å². The topological polar surface area (TPSA) is 37.3 Å². The van der Waals surface area contributed by atoms with Gasteiger partial charge in [-0.2, -0.15) is 11.3 Å². The number of rotatable bonds is 3. The molecule has 0 aromatic carbocycles. The van der Waals surface area contributed by atoms with Crippen LogP contribution in [0.3, 0.4) is 0 Å². The highest BCUT2D eigenvalue weighted by molar-refractivity contribution is 7.08. The Morgan fingerprint density at radius 2 is 2.08 bits per heavy atom. The van der Waals surface area contributed by atoms with Crippen LogP contribution in [-0.4, -0.2) is 10.9 Å². The largest absolute Gasteiger partial charge is 0.392 e. The Labute approximate surface area is 83.2 Å². The molecule has 1 rings (SSSR count). The van der Waals surface area contributed by atoms with Gasteiger partial charge in [-0.25, -0.2) is 0 Å². The molecule has 0 fully saturated rings. The summed E-state index contributed by atoms with van der Waals surface area (Å²) in [5.74, 6) is 0.107. The molecule has 1 aromatic rings. The summed E-state index contributed by atoms with van der Waals surface area (Å²) in [6.45, 7) is 5.78. The van der Waals surface area contributed by atoms with Gasteiger partial charge in [0.1, 0.15) is 0 Å². The van der Waals surface area contributed by atoms with Crippen LogP contribution in [-0.2, 0) is 6.61 Å². The van der Waals surface area contributed by atoms with Crippen LogP contribution in [0.5, 0.6) is 0 Å². The van der Waals surface area contributed by atoms with Gasteiger partial charge in [-0.1, -0.05) is 20.8 Å². The molecule has 74 valence electrons. The molecule has 0 aliphatic rings. The number of carbonyl (C=O) groups excluding carboxylic acids is 1. The van der Waals surface area contributed by atoms with Crippen molar-refractivity contribution in [2.24, 2.45) is 0 Å². The lowest BCUT2D eigenvalue weighted by molar-refractivity contribution is 0.0985. The van der Waals surface area contributed by atoms with Gasteiger partial charge < -0.3 is 5.11 Å². The molecule has 1 aromatic heterocycles. The number of aliphatic hydroxyl groups excluding tert-OH is 1. The molecule has 0 atom stereocenters. The van der Waals surface area contributed by atoms with E-state index in [0.717, 1.165) is 5.56 Å². The van der Waals surface area contributed by atoms with Gasteiger partial charge in [0.15, 0.2) is 5.78 Å². The third kappa shape index (κ3) is 3.28. The molecule has 0 aliphatic heterocycles. The zero-order valence-corrected chi connectivity index (χ0v) is 9.15. The summed E-state index contributed by atoms with van der Waals surface area (Å²) in [7, 11) is 0. The molecule has 0 unspecified atom stereocenters. The lowest BCUT2D eigenvalue weighted by Crippen LogP contribution is -1.98. The third-order valence-corrected chi connectivity index (χ3v) is 2.33. The zero-order valence-electron chi connectivity index (χ0n) is 8.33. The second-order valence-corrected chi connectivity index (χ2v) is 2.99. The first kappa shape index (κ1) is 12.3. The fourth-order valence-corrected chi connectivity index (χ4v) is 1.73. The van der Waals surface area contributed by atoms with Gasteiger partial charge in [0.05, 0.1) is 6.61 Å². The van der Waals surface area contributed by atoms with Crippen molar-refractivity contribution in [2.45, 2.75) is 33.8 Å². The first-order valence-corrected chi connectivity index (χ1v) is 5.43. The van der Waals surface area contributed by atoms with Crippen molar-refractivity contribution >= 4 is 17.1 Å². The van der Waals surface area contributed by atoms with Gasteiger partial charge in [-0.3, -0.25) is 4.79 Å². The van der Waals surface area contributed by atoms with Crippen LogP contribution >= 0.6 is 11.3 Å². The van der Waals surface area contributed by atoms with Gasteiger partial charge >= 0.3 is 0 Å². The van der Waals surface area contributed by atoms with E-state index in [4.69, 9.17) is 5.11 Å². The molecule has 0 amide bonds. The number of Topliss-reactive ketones (excluding diaryl/α,β-unsaturated/α-hetero) is 1. The number of ketones is 1. The smallest absolute Gasteiger partial charge is 0.163 e. The minimum atomic E-state index is -0.0371. The lowest BCUT2D eigenvalue weighted by atomic mass is 10.1. The molecule has 1 heterocycles. The maximum Gasteiger partial charge on any atom is 0.163 e. The van der Waals surface area contributed by atoms with E-state index in [1.165, 1.54) is 11.3 Å². The van der Waals surface area contributed by atoms with Gasteiger partial charge in [0, 0.05) is 17.4 Å². The Morgan fingerprint density at radius 1 is 1.46 bits per heavy atom. The normalized spacial score (nSPS) is 8.92. The SMILES string of the molecule is CC.CCC(=O)c1cscc1CO. The average Bonchev–Trinajstić information content (AvgIpc) is 2.67. The Balaban J connectivity index is 0.000000671. The standard InChI is InChI=1S/C8H10O2S.C2H6/c1-2-8(10)7-5-11-4-6(7)3-9;1-2/h4-5,9H,2-3H2,1H3;1-2H3. The summed E-state index contributed by atoms with van der Waals surface area (Å²) in [5.41, 5.74) is 1.43. The lowest BCUT2D eigenvalue weighted by Gasteiger charge is -1.95. The molecule has 0 aliphatic carbocycles. The molecule has 0 spiro atoms. The third-order valence-electron chi connectivity index (χ3n) is 1.53. The second kappa shape index (κ2) is 6.80. The van der Waals surface area contributed by atoms with Gasteiger partial charge in [0.2, 0.25) is 0 Å². The summed E-state index contributed by atoms with van der Waals surface area (Å²) in [5, 5.41) is 12.4. The van der Waals surface area contributed by atoms with Crippen molar-refractivity contribution in [3.05, 3.63) is 21.9 Å². The monoisotopic (exact) mass is 200 g/mol. The van der Waals surface area contributed by atoms with E-state index in [9.17, 15) is 4.79 Å². The number of carbonyl (C=O) groups is 1. The summed E-state index contributed by atoms with van der Waals surface area (Å²) < 4.78 is 0. The van der Waals surface area contributed by atoms with Gasteiger partial charge in [-0.15, -0.1) is 0 Å². The van der Waals surface area contributed by atoms with E-state index < -0.39 is 0 Å². The van der Waals surface area contributed by atoms with Crippen LogP contribution in [0.15, 0.2) is 10.8 Å². The Bertz CT molecular complexity index is 253. The van der Waals surface area contributed by atoms with E-state index in [1.54, 1.807) is 5.38 Å². The molecular weight excluding hydrogens is 184 g/mol. The number of thiophene rings is 1. The van der Waals surface area contributed by atoms with Crippen LogP contribution < -0.4 is 0 Å². The minimum Gasteiger partial charge on any atom is -0.392 e. The van der Waals surface area contributed by atoms with Gasteiger partial charge in [0.25, 0.3) is 0 Å². The molecule has 1 N–H and O–H groups in total. The first-order valence-electron chi connectivity index (χ1n) is 4.48. The molecule has 0 saturated heterocycles. The van der Waals surface area contributed by atoms with Crippen LogP contribution in [0.4, 0.5) is 0 Å². The highest BCUT2D eigenvalue weighted by Crippen LogP contribution is 2.16. The fraction of sp³-hybridized carbons (Fsp3) is 0.500. The predicted octanol–water partition coefficient (Wildman–Crippen LogP) is 2.86. The van der Waals surface area contributed by atoms with E-state index >= 15 is 0 Å². The highest BCUT2D eigenvalue weighted by atomic mass is 32.1. The molecule has 0 radical (unpaired) electrons. The van der Waals surface area contributed by atoms with Crippen LogP contribution in [0.2, 0.25) is 0 Å². The van der Waals surface area contributed by atoms with Crippen molar-refractivity contribution in [1.29, 1.82) is 0 Å². The van der Waals surface area contributed by atoms with Crippen molar-refractivity contribution in [3.8, 4) is 0 Å². The summed E-state index contributed by atoms with van der Waals surface area (Å²) in [6.07, 6.45) is 0.504. The molecule has 0 bridgehead atoms. The summed E-state index contributed by atoms with van der Waals surface area (Å²) in [4.78, 5) is 11.1. The van der Waals surface area contributed by atoms with E-state index in [-0.39, 0.29) is 12.4 Å². The maximum atomic E-state index is 11.1. The zero-order chi connectivity index (χ0) is 10.3. The Kier molecular flexibility index (Phi) is 6.45. The van der Waals surface area contributed by atoms with Crippen molar-refractivity contribution < 1.29 is 9.90 Å². The van der Waals surface area contributed by atoms with Crippen molar-refractivity contribution in [2.75, 3.05) is 0 Å². The first-order chi connectivity index (χ1) is 6.29. The Morgan fingerprint density at radius 3 is 2.54 bits per heavy atom. The number of hydrogen-bond acceptors (Lipinski definition) is 3. The average molecular weight is 200 g/mol. The minimum absolute atomic E-state index is 0.0371. The van der Waals surface area contributed by atoms with E-state index in [0.29, 0.717) is 12.0 Å². The number of aliphatic hydroxyl groups is 1. The van der Waals surface area contributed by atoms with Crippen molar-refractivity contribution in [1.82, 2.24) is 0 Å². The maximum absolute atomic E-state index is 11.1. The molecule has 0 saturated carbocycles. The van der Waals surface area contributed by atoms with Gasteiger partial charge in [-0.05, 0) is 10.9 Å². The Hall–Kier alpha value is -0.670. The molecule has 2 nitrogen and oxygen atoms in total. The molecule has 3 heteroatoms. The second-order valence-electron chi connectivity index (χ2n) is 2.25. The highest BCUT2D eigenvalue weighted by Gasteiger charge is 2.08. The van der Waals surface area contributed by atoms with Crippen molar-refractivity contribution in [3.63, 3.8) is 0 Å². The van der Waals surface area contributed by atoms with Crippen LogP contribution in [0.25, 0.3) is 0 Å². The fourth-order valence-electron chi connectivity index (χ4n) is 0.881.